The molecule has 0 spiro atoms. The van der Waals surface area contributed by atoms with Crippen LogP contribution in [0.15, 0.2) is 91.0 Å². The summed E-state index contributed by atoms with van der Waals surface area (Å²) in [6, 6.07) is 29.8. The van der Waals surface area contributed by atoms with Gasteiger partial charge >= 0.3 is 0 Å². The molecule has 0 bridgehead atoms. The molecule has 4 aromatic rings. The number of hydrogen-bond donors (Lipinski definition) is 1. The van der Waals surface area contributed by atoms with E-state index in [0.717, 1.165) is 45.9 Å². The third kappa shape index (κ3) is 7.80. The van der Waals surface area contributed by atoms with Crippen molar-refractivity contribution in [2.75, 3.05) is 12.0 Å². The van der Waals surface area contributed by atoms with E-state index in [1.807, 2.05) is 12.1 Å². The Morgan fingerprint density at radius 1 is 0.762 bits per heavy atom. The van der Waals surface area contributed by atoms with Crippen molar-refractivity contribution < 1.29 is 9.84 Å². The maximum Gasteiger partial charge on any atom is 0.119 e. The summed E-state index contributed by atoms with van der Waals surface area (Å²) in [5, 5.41) is 10.2. The van der Waals surface area contributed by atoms with Gasteiger partial charge in [0.1, 0.15) is 5.75 Å². The second-order valence-electron chi connectivity index (χ2n) is 11.0. The fourth-order valence-electron chi connectivity index (χ4n) is 5.49. The molecule has 0 saturated carbocycles. The lowest BCUT2D eigenvalue weighted by Gasteiger charge is -2.26. The van der Waals surface area contributed by atoms with Gasteiger partial charge in [-0.05, 0) is 109 Å². The molecular weight excluding hydrogens is 514 g/mol. The number of methoxy groups -OCH3 is 1. The number of aliphatic hydroxyl groups excluding tert-OH is 1. The van der Waals surface area contributed by atoms with Crippen LogP contribution in [-0.2, 0) is 13.0 Å². The van der Waals surface area contributed by atoms with Gasteiger partial charge in [0.2, 0.25) is 0 Å². The Labute approximate surface area is 252 Å². The van der Waals surface area contributed by atoms with Crippen molar-refractivity contribution in [1.29, 1.82) is 0 Å². The molecule has 0 amide bonds. The summed E-state index contributed by atoms with van der Waals surface area (Å²) in [6.07, 6.45) is 13.2. The van der Waals surface area contributed by atoms with E-state index < -0.39 is 0 Å². The first kappa shape index (κ1) is 30.9. The molecular formula is C39H45NO2. The zero-order valence-electron chi connectivity index (χ0n) is 25.8. The number of allylic oxidation sites excluding steroid dienone is 1. The predicted octanol–water partition coefficient (Wildman–Crippen LogP) is 10.5. The Bertz CT molecular complexity index is 1470. The highest BCUT2D eigenvalue weighted by atomic mass is 16.5. The average Bonchev–Trinajstić information content (AvgIpc) is 3.02. The van der Waals surface area contributed by atoms with Gasteiger partial charge < -0.3 is 14.7 Å². The smallest absolute Gasteiger partial charge is 0.119 e. The minimum atomic E-state index is 0.0168. The summed E-state index contributed by atoms with van der Waals surface area (Å²) >= 11 is 0. The lowest BCUT2D eigenvalue weighted by Crippen LogP contribution is -2.09. The molecule has 1 atom stereocenters. The summed E-state index contributed by atoms with van der Waals surface area (Å²) in [7, 11) is 1.69. The molecule has 4 rings (SSSR count). The van der Waals surface area contributed by atoms with Crippen LogP contribution in [0.2, 0.25) is 0 Å². The second-order valence-corrected chi connectivity index (χ2v) is 11.0. The molecule has 1 N–H and O–H groups in total. The van der Waals surface area contributed by atoms with E-state index in [2.05, 4.69) is 130 Å². The van der Waals surface area contributed by atoms with Gasteiger partial charge in [0, 0.05) is 17.1 Å². The van der Waals surface area contributed by atoms with Gasteiger partial charge in [0.05, 0.1) is 13.7 Å². The lowest BCUT2D eigenvalue weighted by molar-refractivity contribution is 0.281. The third-order valence-electron chi connectivity index (χ3n) is 7.93. The van der Waals surface area contributed by atoms with E-state index in [-0.39, 0.29) is 6.61 Å². The van der Waals surface area contributed by atoms with Gasteiger partial charge in [0.25, 0.3) is 0 Å². The Morgan fingerprint density at radius 3 is 1.88 bits per heavy atom. The molecule has 0 aliphatic rings. The Morgan fingerprint density at radius 2 is 1.33 bits per heavy atom. The molecule has 0 aliphatic heterocycles. The lowest BCUT2D eigenvalue weighted by atomic mass is 9.88. The predicted molar refractivity (Wildman–Crippen MR) is 181 cm³/mol. The van der Waals surface area contributed by atoms with Crippen LogP contribution >= 0.6 is 0 Å². The number of aryl methyl sites for hydroxylation is 1. The topological polar surface area (TPSA) is 32.7 Å². The summed E-state index contributed by atoms with van der Waals surface area (Å²) in [6.45, 7) is 8.73. The number of rotatable bonds is 13. The molecule has 4 aromatic carbocycles. The van der Waals surface area contributed by atoms with E-state index in [1.165, 1.54) is 36.0 Å². The van der Waals surface area contributed by atoms with Crippen molar-refractivity contribution in [2.24, 2.45) is 5.92 Å². The highest BCUT2D eigenvalue weighted by Crippen LogP contribution is 2.36. The number of nitrogens with zero attached hydrogens (tertiary/aromatic N) is 1. The second kappa shape index (κ2) is 15.2. The quantitative estimate of drug-likeness (QED) is 0.165. The van der Waals surface area contributed by atoms with Crippen molar-refractivity contribution in [3.05, 3.63) is 124 Å². The maximum absolute atomic E-state index is 10.2. The average molecular weight is 560 g/mol. The maximum atomic E-state index is 10.2. The molecule has 0 aromatic heterocycles. The normalized spacial score (nSPS) is 12.2. The van der Waals surface area contributed by atoms with E-state index in [4.69, 9.17) is 4.74 Å². The largest absolute Gasteiger partial charge is 0.497 e. The monoisotopic (exact) mass is 559 g/mol. The first-order valence-electron chi connectivity index (χ1n) is 15.2. The highest BCUT2D eigenvalue weighted by molar-refractivity contribution is 5.79. The molecule has 1 unspecified atom stereocenters. The van der Waals surface area contributed by atoms with Gasteiger partial charge in [0.15, 0.2) is 0 Å². The summed E-state index contributed by atoms with van der Waals surface area (Å²) < 4.78 is 5.39. The van der Waals surface area contributed by atoms with E-state index in [9.17, 15) is 5.11 Å². The third-order valence-corrected chi connectivity index (χ3v) is 7.93. The van der Waals surface area contributed by atoms with Crippen LogP contribution in [-0.4, -0.2) is 12.2 Å². The number of ether oxygens (including phenoxy) is 1. The van der Waals surface area contributed by atoms with Crippen molar-refractivity contribution in [3.8, 4) is 5.75 Å². The van der Waals surface area contributed by atoms with Crippen molar-refractivity contribution in [1.82, 2.24) is 0 Å². The summed E-state index contributed by atoms with van der Waals surface area (Å²) in [4.78, 5) is 2.25. The zero-order valence-corrected chi connectivity index (χ0v) is 25.8. The van der Waals surface area contributed by atoms with Crippen LogP contribution in [0.5, 0.6) is 5.75 Å². The van der Waals surface area contributed by atoms with Gasteiger partial charge in [-0.1, -0.05) is 93.3 Å². The fourth-order valence-corrected chi connectivity index (χ4v) is 5.49. The molecule has 218 valence electrons. The van der Waals surface area contributed by atoms with Gasteiger partial charge in [-0.15, -0.1) is 0 Å². The first-order valence-corrected chi connectivity index (χ1v) is 15.2. The van der Waals surface area contributed by atoms with Crippen LogP contribution in [0, 0.1) is 12.8 Å². The summed E-state index contributed by atoms with van der Waals surface area (Å²) in [5.41, 5.74) is 10.2. The van der Waals surface area contributed by atoms with Gasteiger partial charge in [-0.25, -0.2) is 0 Å². The van der Waals surface area contributed by atoms with Crippen LogP contribution < -0.4 is 9.64 Å². The van der Waals surface area contributed by atoms with Gasteiger partial charge in [-0.3, -0.25) is 0 Å². The van der Waals surface area contributed by atoms with E-state index in [1.54, 1.807) is 7.11 Å². The van der Waals surface area contributed by atoms with Crippen molar-refractivity contribution >= 4 is 35.3 Å². The molecule has 0 fully saturated rings. The minimum Gasteiger partial charge on any atom is -0.497 e. The standard InChI is InChI=1S/C39H45NO2/c1-6-9-30(8-3)25-34-26-33(35(28-41)27-32(34)10-7-2)16-13-31-14-19-37(20-15-31)40(36-17-11-29(4)12-18-36)38-21-23-39(42-5)24-22-38/h7,10-24,26-27,30,41H,6,8-9,25,28H2,1-5H3. The number of anilines is 3. The number of benzene rings is 4. The highest BCUT2D eigenvalue weighted by Gasteiger charge is 2.14. The first-order chi connectivity index (χ1) is 20.5. The Kier molecular flexibility index (Phi) is 11.2. The van der Waals surface area contributed by atoms with E-state index in [0.29, 0.717) is 5.92 Å². The number of aliphatic hydroxyl groups is 1. The molecule has 0 aliphatic carbocycles. The molecule has 3 heteroatoms. The molecule has 0 saturated heterocycles. The van der Waals surface area contributed by atoms with Crippen LogP contribution in [0.1, 0.15) is 73.4 Å². The van der Waals surface area contributed by atoms with Crippen LogP contribution in [0.4, 0.5) is 17.1 Å². The van der Waals surface area contributed by atoms with Crippen LogP contribution in [0.25, 0.3) is 18.2 Å². The Hall–Kier alpha value is -4.08. The fraction of sp³-hybridized carbons (Fsp3) is 0.282. The molecule has 3 nitrogen and oxygen atoms in total. The summed E-state index contributed by atoms with van der Waals surface area (Å²) in [5.74, 6) is 1.51. The molecule has 0 radical (unpaired) electrons. The molecule has 0 heterocycles. The zero-order chi connectivity index (χ0) is 29.9. The number of hydrogen-bond acceptors (Lipinski definition) is 3. The van der Waals surface area contributed by atoms with E-state index >= 15 is 0 Å². The minimum absolute atomic E-state index is 0.0168. The molecule has 42 heavy (non-hydrogen) atoms. The van der Waals surface area contributed by atoms with Crippen molar-refractivity contribution in [2.45, 2.75) is 60.0 Å². The van der Waals surface area contributed by atoms with Gasteiger partial charge in [-0.2, -0.15) is 0 Å². The SMILES string of the molecule is CC=Cc1cc(CO)c(C=Cc2ccc(N(c3ccc(C)cc3)c3ccc(OC)cc3)cc2)cc1CC(CC)CCC. The Balaban J connectivity index is 1.65. The van der Waals surface area contributed by atoms with Crippen LogP contribution in [0.3, 0.4) is 0 Å². The van der Waals surface area contributed by atoms with Crippen molar-refractivity contribution in [3.63, 3.8) is 0 Å².